The number of hydrogen-bond donors (Lipinski definition) is 2. The number of fused-ring (bicyclic) bond motifs is 1. The van der Waals surface area contributed by atoms with E-state index in [-0.39, 0.29) is 0 Å². The minimum atomic E-state index is -4.47. The third-order valence-electron chi connectivity index (χ3n) is 4.42. The van der Waals surface area contributed by atoms with E-state index in [0.717, 1.165) is 28.0 Å². The molecule has 2 N–H and O–H groups in total. The lowest BCUT2D eigenvalue weighted by Gasteiger charge is -2.11. The van der Waals surface area contributed by atoms with Crippen LogP contribution in [0.15, 0.2) is 61.2 Å². The average molecular weight is 414 g/mol. The van der Waals surface area contributed by atoms with E-state index in [0.29, 0.717) is 5.69 Å². The van der Waals surface area contributed by atoms with Crippen LogP contribution in [0.3, 0.4) is 0 Å². The molecule has 0 radical (unpaired) electrons. The van der Waals surface area contributed by atoms with Gasteiger partial charge in [0.2, 0.25) is 0 Å². The van der Waals surface area contributed by atoms with Crippen molar-refractivity contribution in [3.63, 3.8) is 0 Å². The highest BCUT2D eigenvalue weighted by Crippen LogP contribution is 2.26. The lowest BCUT2D eigenvalue weighted by molar-refractivity contribution is -0.122. The molecule has 154 valence electrons. The van der Waals surface area contributed by atoms with Gasteiger partial charge in [0.05, 0.1) is 18.1 Å². The monoisotopic (exact) mass is 414 g/mol. The van der Waals surface area contributed by atoms with Crippen molar-refractivity contribution in [1.29, 1.82) is 0 Å². The van der Waals surface area contributed by atoms with Crippen molar-refractivity contribution in [2.24, 2.45) is 7.05 Å². The third-order valence-corrected chi connectivity index (χ3v) is 4.42. The van der Waals surface area contributed by atoms with E-state index < -0.39 is 18.8 Å². The van der Waals surface area contributed by atoms with Gasteiger partial charge in [-0.05, 0) is 29.8 Å². The van der Waals surface area contributed by atoms with Gasteiger partial charge in [0.15, 0.2) is 0 Å². The zero-order chi connectivity index (χ0) is 21.3. The third kappa shape index (κ3) is 4.27. The summed E-state index contributed by atoms with van der Waals surface area (Å²) < 4.78 is 40.3. The van der Waals surface area contributed by atoms with Crippen molar-refractivity contribution < 1.29 is 18.0 Å². The molecule has 0 unspecified atom stereocenters. The van der Waals surface area contributed by atoms with Gasteiger partial charge in [-0.3, -0.25) is 9.08 Å². The fourth-order valence-corrected chi connectivity index (χ4v) is 3.06. The molecule has 0 spiro atoms. The number of nitrogens with zero attached hydrogens (tertiary/aromatic N) is 4. The highest BCUT2D eigenvalue weighted by atomic mass is 19.4. The van der Waals surface area contributed by atoms with Crippen LogP contribution in [0.25, 0.3) is 28.0 Å². The Labute approximate surface area is 169 Å². The van der Waals surface area contributed by atoms with E-state index in [2.05, 4.69) is 15.4 Å². The summed E-state index contributed by atoms with van der Waals surface area (Å²) in [6, 6.07) is 9.76. The molecule has 0 atom stereocenters. The Morgan fingerprint density at radius 1 is 1.10 bits per heavy atom. The van der Waals surface area contributed by atoms with E-state index in [9.17, 15) is 18.0 Å². The fraction of sp³-hybridized carbons (Fsp3) is 0.150. The average Bonchev–Trinajstić information content (AvgIpc) is 3.32. The molecule has 0 aliphatic carbocycles. The van der Waals surface area contributed by atoms with Crippen LogP contribution in [0.4, 0.5) is 23.7 Å². The topological polar surface area (TPSA) is 76.2 Å². The highest BCUT2D eigenvalue weighted by molar-refractivity contribution is 5.90. The maximum Gasteiger partial charge on any atom is 0.405 e. The van der Waals surface area contributed by atoms with Crippen molar-refractivity contribution in [3.8, 4) is 22.4 Å². The molecular formula is C20H17F3N6O. The predicted molar refractivity (Wildman–Crippen MR) is 106 cm³/mol. The number of aryl methyl sites for hydroxylation is 1. The lowest BCUT2D eigenvalue weighted by Crippen LogP contribution is -2.36. The molecule has 3 heterocycles. The summed E-state index contributed by atoms with van der Waals surface area (Å²) in [5.41, 5.74) is 4.58. The molecule has 10 heteroatoms. The Hall–Kier alpha value is -3.82. The molecule has 3 aromatic heterocycles. The van der Waals surface area contributed by atoms with Gasteiger partial charge >= 0.3 is 12.2 Å². The normalized spacial score (nSPS) is 11.6. The van der Waals surface area contributed by atoms with Crippen molar-refractivity contribution >= 4 is 17.4 Å². The van der Waals surface area contributed by atoms with Crippen LogP contribution < -0.4 is 10.6 Å². The quantitative estimate of drug-likeness (QED) is 0.528. The summed E-state index contributed by atoms with van der Waals surface area (Å²) in [5.74, 6) is 0. The molecule has 4 rings (SSSR count). The maximum absolute atomic E-state index is 12.2. The summed E-state index contributed by atoms with van der Waals surface area (Å²) >= 11 is 0. The van der Waals surface area contributed by atoms with Crippen LogP contribution in [0, 0.1) is 0 Å². The summed E-state index contributed by atoms with van der Waals surface area (Å²) in [6.45, 7) is -1.40. The number of pyridine rings is 1. The number of carbonyl (C=O) groups excluding carboxylic acids is 1. The van der Waals surface area contributed by atoms with Crippen LogP contribution in [0.1, 0.15) is 0 Å². The lowest BCUT2D eigenvalue weighted by atomic mass is 10.1. The molecule has 0 saturated carbocycles. The number of halogens is 3. The number of alkyl halides is 3. The second kappa shape index (κ2) is 7.54. The maximum atomic E-state index is 12.2. The number of hydrogen-bond acceptors (Lipinski definition) is 3. The molecule has 0 aliphatic heterocycles. The number of imidazole rings is 1. The van der Waals surface area contributed by atoms with Gasteiger partial charge in [0.25, 0.3) is 0 Å². The van der Waals surface area contributed by atoms with Gasteiger partial charge in [-0.25, -0.2) is 9.78 Å². The Morgan fingerprint density at radius 3 is 2.67 bits per heavy atom. The van der Waals surface area contributed by atoms with Crippen molar-refractivity contribution in [2.75, 3.05) is 11.9 Å². The van der Waals surface area contributed by atoms with Crippen LogP contribution in [-0.4, -0.2) is 37.9 Å². The summed E-state index contributed by atoms with van der Waals surface area (Å²) in [4.78, 5) is 16.1. The molecule has 30 heavy (non-hydrogen) atoms. The molecule has 0 aliphatic rings. The largest absolute Gasteiger partial charge is 0.405 e. The Balaban J connectivity index is 1.57. The number of aromatic nitrogens is 4. The van der Waals surface area contributed by atoms with Gasteiger partial charge in [0.1, 0.15) is 12.2 Å². The zero-order valence-corrected chi connectivity index (χ0v) is 15.8. The first-order valence-corrected chi connectivity index (χ1v) is 8.97. The van der Waals surface area contributed by atoms with E-state index in [1.807, 2.05) is 42.0 Å². The minimum Gasteiger partial charge on any atom is -0.329 e. The van der Waals surface area contributed by atoms with Gasteiger partial charge in [-0.15, -0.1) is 0 Å². The van der Waals surface area contributed by atoms with E-state index >= 15 is 0 Å². The second-order valence-corrected chi connectivity index (χ2v) is 6.69. The minimum absolute atomic E-state index is 0.370. The summed E-state index contributed by atoms with van der Waals surface area (Å²) in [7, 11) is 1.85. The van der Waals surface area contributed by atoms with Gasteiger partial charge in [0, 0.05) is 36.3 Å². The van der Waals surface area contributed by atoms with E-state index in [1.54, 1.807) is 40.6 Å². The van der Waals surface area contributed by atoms with Crippen molar-refractivity contribution in [3.05, 3.63) is 61.2 Å². The molecule has 0 bridgehead atoms. The number of benzene rings is 1. The Kier molecular flexibility index (Phi) is 4.90. The molecule has 0 saturated heterocycles. The standard InChI is InChI=1S/C20H17F3N6O/c1-28-11-15(9-26-28)13-5-6-29-17(10-24-18(29)8-13)14-3-2-4-16(7-14)27-19(30)25-12-20(21,22)23/h2-11H,12H2,1H3,(H2,25,27,30). The first-order chi connectivity index (χ1) is 14.3. The zero-order valence-electron chi connectivity index (χ0n) is 15.8. The molecule has 1 aromatic carbocycles. The van der Waals surface area contributed by atoms with Gasteiger partial charge in [-0.2, -0.15) is 18.3 Å². The number of carbonyl (C=O) groups is 1. The molecule has 4 aromatic rings. The molecule has 2 amide bonds. The van der Waals surface area contributed by atoms with Crippen LogP contribution >= 0.6 is 0 Å². The summed E-state index contributed by atoms with van der Waals surface area (Å²) in [6.07, 6.45) is 2.80. The van der Waals surface area contributed by atoms with E-state index in [1.165, 1.54) is 0 Å². The van der Waals surface area contributed by atoms with Crippen LogP contribution in [-0.2, 0) is 7.05 Å². The molecule has 0 fully saturated rings. The fourth-order valence-electron chi connectivity index (χ4n) is 3.06. The number of nitrogens with one attached hydrogen (secondary N) is 2. The van der Waals surface area contributed by atoms with Crippen LogP contribution in [0.2, 0.25) is 0 Å². The SMILES string of the molecule is Cn1cc(-c2ccn3c(-c4cccc(NC(=O)NCC(F)(F)F)c4)cnc3c2)cn1. The second-order valence-electron chi connectivity index (χ2n) is 6.69. The first-order valence-electron chi connectivity index (χ1n) is 8.97. The number of rotatable bonds is 4. The molecular weight excluding hydrogens is 397 g/mol. The first kappa shape index (κ1) is 19.5. The van der Waals surface area contributed by atoms with Gasteiger partial charge < -0.3 is 10.6 Å². The van der Waals surface area contributed by atoms with Crippen LogP contribution in [0.5, 0.6) is 0 Å². The van der Waals surface area contributed by atoms with E-state index in [4.69, 9.17) is 0 Å². The Morgan fingerprint density at radius 2 is 1.93 bits per heavy atom. The van der Waals surface area contributed by atoms with Crippen molar-refractivity contribution in [2.45, 2.75) is 6.18 Å². The highest BCUT2D eigenvalue weighted by Gasteiger charge is 2.27. The number of urea groups is 1. The Bertz CT molecular complexity index is 1210. The molecule has 7 nitrogen and oxygen atoms in total. The number of anilines is 1. The smallest absolute Gasteiger partial charge is 0.329 e. The number of amides is 2. The van der Waals surface area contributed by atoms with Gasteiger partial charge in [-0.1, -0.05) is 12.1 Å². The summed E-state index contributed by atoms with van der Waals surface area (Å²) in [5, 5.41) is 8.36. The van der Waals surface area contributed by atoms with Crippen molar-refractivity contribution in [1.82, 2.24) is 24.5 Å². The predicted octanol–water partition coefficient (Wildman–Crippen LogP) is 4.09.